The van der Waals surface area contributed by atoms with Crippen LogP contribution in [0.4, 0.5) is 8.78 Å². The van der Waals surface area contributed by atoms with Crippen LogP contribution in [0.15, 0.2) is 28.7 Å². The van der Waals surface area contributed by atoms with E-state index in [0.717, 1.165) is 23.0 Å². The summed E-state index contributed by atoms with van der Waals surface area (Å²) in [6, 6.07) is 8.14. The lowest BCUT2D eigenvalue weighted by Gasteiger charge is -2.25. The Morgan fingerprint density at radius 3 is 2.43 bits per heavy atom. The maximum atomic E-state index is 12.5. The highest BCUT2D eigenvalue weighted by Crippen LogP contribution is 2.20. The fourth-order valence-electron chi connectivity index (χ4n) is 2.27. The normalized spacial score (nSPS) is 13.1. The molecule has 120 valence electrons. The molecule has 6 heteroatoms. The van der Waals surface area contributed by atoms with Crippen LogP contribution >= 0.6 is 15.9 Å². The Balaban J connectivity index is 2.62. The fourth-order valence-corrected chi connectivity index (χ4v) is 2.54. The number of aliphatic hydroxyl groups is 1. The summed E-state index contributed by atoms with van der Waals surface area (Å²) in [6.45, 7) is 3.25. The second-order valence-corrected chi connectivity index (χ2v) is 5.78. The largest absolute Gasteiger partial charge is 0.395 e. The van der Waals surface area contributed by atoms with Crippen molar-refractivity contribution in [3.05, 3.63) is 34.3 Å². The number of halogens is 3. The zero-order valence-electron chi connectivity index (χ0n) is 12.2. The highest BCUT2D eigenvalue weighted by Gasteiger charge is 2.15. The molecule has 0 aliphatic rings. The third-order valence-electron chi connectivity index (χ3n) is 3.27. The Morgan fingerprint density at radius 1 is 1.24 bits per heavy atom. The molecule has 21 heavy (non-hydrogen) atoms. The molecule has 0 bridgehead atoms. The number of hydrogen-bond acceptors (Lipinski definition) is 3. The maximum absolute atomic E-state index is 12.5. The van der Waals surface area contributed by atoms with Crippen molar-refractivity contribution in [2.24, 2.45) is 0 Å². The van der Waals surface area contributed by atoms with Gasteiger partial charge in [0.1, 0.15) is 0 Å². The van der Waals surface area contributed by atoms with E-state index in [1.165, 1.54) is 0 Å². The molecule has 1 atom stereocenters. The number of benzene rings is 1. The maximum Gasteiger partial charge on any atom is 0.251 e. The van der Waals surface area contributed by atoms with E-state index in [4.69, 9.17) is 5.11 Å². The van der Waals surface area contributed by atoms with E-state index in [9.17, 15) is 8.78 Å². The SMILES string of the molecule is CCNC(CCN(CCO)CC(F)F)c1ccc(Br)cc1. The van der Waals surface area contributed by atoms with Crippen LogP contribution in [0.25, 0.3) is 0 Å². The smallest absolute Gasteiger partial charge is 0.251 e. The second-order valence-electron chi connectivity index (χ2n) is 4.87. The molecule has 0 fully saturated rings. The Kier molecular flexibility index (Phi) is 8.99. The Hall–Kier alpha value is -0.560. The summed E-state index contributed by atoms with van der Waals surface area (Å²) < 4.78 is 26.0. The highest BCUT2D eigenvalue weighted by atomic mass is 79.9. The number of nitrogens with one attached hydrogen (secondary N) is 1. The fraction of sp³-hybridized carbons (Fsp3) is 0.600. The first-order valence-corrected chi connectivity index (χ1v) is 7.96. The first-order chi connectivity index (χ1) is 10.1. The molecule has 3 nitrogen and oxygen atoms in total. The summed E-state index contributed by atoms with van der Waals surface area (Å²) in [5.74, 6) is 0. The van der Waals surface area contributed by atoms with Crippen LogP contribution in [-0.4, -0.2) is 49.2 Å². The van der Waals surface area contributed by atoms with Crippen LogP contribution in [0.1, 0.15) is 24.9 Å². The molecule has 1 unspecified atom stereocenters. The lowest BCUT2D eigenvalue weighted by Crippen LogP contribution is -2.35. The average molecular weight is 365 g/mol. The summed E-state index contributed by atoms with van der Waals surface area (Å²) in [6.07, 6.45) is -1.65. The van der Waals surface area contributed by atoms with E-state index >= 15 is 0 Å². The van der Waals surface area contributed by atoms with Crippen molar-refractivity contribution in [1.29, 1.82) is 0 Å². The van der Waals surface area contributed by atoms with E-state index in [-0.39, 0.29) is 25.7 Å². The molecule has 1 aromatic rings. The monoisotopic (exact) mass is 364 g/mol. The van der Waals surface area contributed by atoms with Gasteiger partial charge in [-0.25, -0.2) is 8.78 Å². The Labute approximate surface area is 133 Å². The third kappa shape index (κ3) is 7.31. The molecule has 0 spiro atoms. The molecule has 2 N–H and O–H groups in total. The molecule has 0 amide bonds. The zero-order chi connectivity index (χ0) is 15.7. The highest BCUT2D eigenvalue weighted by molar-refractivity contribution is 9.10. The van der Waals surface area contributed by atoms with Crippen LogP contribution in [0.2, 0.25) is 0 Å². The molecule has 1 aromatic carbocycles. The molecule has 0 aliphatic carbocycles. The van der Waals surface area contributed by atoms with Crippen molar-refractivity contribution in [3.8, 4) is 0 Å². The van der Waals surface area contributed by atoms with Crippen LogP contribution < -0.4 is 5.32 Å². The van der Waals surface area contributed by atoms with Crippen LogP contribution in [0, 0.1) is 0 Å². The van der Waals surface area contributed by atoms with E-state index in [2.05, 4.69) is 21.2 Å². The minimum absolute atomic E-state index is 0.100. The molecule has 0 aromatic heterocycles. The first kappa shape index (κ1) is 18.5. The van der Waals surface area contributed by atoms with E-state index < -0.39 is 6.43 Å². The van der Waals surface area contributed by atoms with Gasteiger partial charge in [0.15, 0.2) is 0 Å². The third-order valence-corrected chi connectivity index (χ3v) is 3.80. The minimum Gasteiger partial charge on any atom is -0.395 e. The molecule has 0 heterocycles. The molecule has 0 radical (unpaired) electrons. The summed E-state index contributed by atoms with van der Waals surface area (Å²) in [5.41, 5.74) is 1.14. The van der Waals surface area contributed by atoms with Crippen LogP contribution in [0.5, 0.6) is 0 Å². The first-order valence-electron chi connectivity index (χ1n) is 7.17. The summed E-state index contributed by atoms with van der Waals surface area (Å²) in [5, 5.41) is 12.3. The lowest BCUT2D eigenvalue weighted by atomic mass is 10.0. The number of alkyl halides is 2. The van der Waals surface area contributed by atoms with Gasteiger partial charge < -0.3 is 10.4 Å². The van der Waals surface area contributed by atoms with E-state index in [0.29, 0.717) is 6.54 Å². The second kappa shape index (κ2) is 10.2. The van der Waals surface area contributed by atoms with Gasteiger partial charge in [0.2, 0.25) is 0 Å². The molecule has 0 saturated heterocycles. The summed E-state index contributed by atoms with van der Waals surface area (Å²) in [7, 11) is 0. The summed E-state index contributed by atoms with van der Waals surface area (Å²) in [4.78, 5) is 1.61. The van der Waals surface area contributed by atoms with Crippen molar-refractivity contribution in [2.75, 3.05) is 32.8 Å². The minimum atomic E-state index is -2.37. The standard InChI is InChI=1S/C15H23BrF2N2O/c1-2-19-14(12-3-5-13(16)6-4-12)7-8-20(9-10-21)11-15(17)18/h3-6,14-15,19,21H,2,7-11H2,1H3. The van der Waals surface area contributed by atoms with Gasteiger partial charge >= 0.3 is 0 Å². The number of aliphatic hydroxyl groups excluding tert-OH is 1. The summed E-state index contributed by atoms with van der Waals surface area (Å²) >= 11 is 3.40. The quantitative estimate of drug-likeness (QED) is 0.669. The lowest BCUT2D eigenvalue weighted by molar-refractivity contribution is 0.0762. The van der Waals surface area contributed by atoms with Gasteiger partial charge in [-0.2, -0.15) is 0 Å². The van der Waals surface area contributed by atoms with Crippen molar-refractivity contribution in [3.63, 3.8) is 0 Å². The van der Waals surface area contributed by atoms with Gasteiger partial charge in [-0.15, -0.1) is 0 Å². The predicted molar refractivity (Wildman–Crippen MR) is 84.7 cm³/mol. The van der Waals surface area contributed by atoms with Crippen molar-refractivity contribution in [1.82, 2.24) is 10.2 Å². The number of nitrogens with zero attached hydrogens (tertiary/aromatic N) is 1. The van der Waals surface area contributed by atoms with Crippen molar-refractivity contribution < 1.29 is 13.9 Å². The van der Waals surface area contributed by atoms with Crippen molar-refractivity contribution in [2.45, 2.75) is 25.8 Å². The van der Waals surface area contributed by atoms with Gasteiger partial charge in [-0.1, -0.05) is 35.0 Å². The van der Waals surface area contributed by atoms with Gasteiger partial charge in [-0.3, -0.25) is 4.90 Å². The molecule has 1 rings (SSSR count). The number of hydrogen-bond donors (Lipinski definition) is 2. The zero-order valence-corrected chi connectivity index (χ0v) is 13.8. The molecular weight excluding hydrogens is 342 g/mol. The van der Waals surface area contributed by atoms with E-state index in [1.54, 1.807) is 4.90 Å². The number of rotatable bonds is 10. The molecule has 0 saturated carbocycles. The van der Waals surface area contributed by atoms with Gasteiger partial charge in [-0.05, 0) is 30.7 Å². The molecule has 0 aliphatic heterocycles. The van der Waals surface area contributed by atoms with E-state index in [1.807, 2.05) is 31.2 Å². The van der Waals surface area contributed by atoms with Crippen molar-refractivity contribution >= 4 is 15.9 Å². The predicted octanol–water partition coefficient (Wildman–Crippen LogP) is 3.05. The average Bonchev–Trinajstić information content (AvgIpc) is 2.44. The van der Waals surface area contributed by atoms with Crippen LogP contribution in [-0.2, 0) is 0 Å². The topological polar surface area (TPSA) is 35.5 Å². The van der Waals surface area contributed by atoms with Crippen LogP contribution in [0.3, 0.4) is 0 Å². The molecular formula is C15H23BrF2N2O. The van der Waals surface area contributed by atoms with Gasteiger partial charge in [0.25, 0.3) is 6.43 Å². The Morgan fingerprint density at radius 2 is 1.90 bits per heavy atom. The Bertz CT molecular complexity index is 390. The van der Waals surface area contributed by atoms with Gasteiger partial charge in [0, 0.05) is 23.6 Å². The van der Waals surface area contributed by atoms with Gasteiger partial charge in [0.05, 0.1) is 13.2 Å².